The van der Waals surface area contributed by atoms with Crippen LogP contribution in [0.1, 0.15) is 57.4 Å². The highest BCUT2D eigenvalue weighted by molar-refractivity contribution is 5.94. The number of hydrogen-bond donors (Lipinski definition) is 1. The number of rotatable bonds is 3. The molecule has 1 aliphatic heterocycles. The first-order valence-corrected chi connectivity index (χ1v) is 8.05. The van der Waals surface area contributed by atoms with Gasteiger partial charge in [-0.05, 0) is 30.0 Å². The monoisotopic (exact) mass is 327 g/mol. The first-order valence-electron chi connectivity index (χ1n) is 8.05. The minimum atomic E-state index is -1.02. The highest BCUT2D eigenvalue weighted by atomic mass is 16.4. The number of hydrogen-bond acceptors (Lipinski definition) is 3. The lowest BCUT2D eigenvalue weighted by Gasteiger charge is -2.27. The lowest BCUT2D eigenvalue weighted by Crippen LogP contribution is -2.36. The molecule has 1 amide bonds. The number of fused-ring (bicyclic) bond motifs is 1. The van der Waals surface area contributed by atoms with Crippen molar-refractivity contribution in [2.45, 2.75) is 32.7 Å². The molecule has 2 heterocycles. The van der Waals surface area contributed by atoms with Gasteiger partial charge in [0, 0.05) is 24.7 Å². The molecule has 126 valence electrons. The van der Waals surface area contributed by atoms with Crippen LogP contribution in [0.25, 0.3) is 0 Å². The number of aromatic nitrogens is 2. The van der Waals surface area contributed by atoms with Crippen molar-refractivity contribution in [2.75, 3.05) is 6.54 Å². The van der Waals surface area contributed by atoms with E-state index in [0.29, 0.717) is 31.0 Å². The van der Waals surface area contributed by atoms with Gasteiger partial charge in [-0.3, -0.25) is 9.48 Å². The Kier molecular flexibility index (Phi) is 4.13. The van der Waals surface area contributed by atoms with Crippen molar-refractivity contribution in [3.05, 3.63) is 52.3 Å². The van der Waals surface area contributed by atoms with E-state index in [1.165, 1.54) is 5.56 Å². The number of carboxylic acids is 1. The van der Waals surface area contributed by atoms with Crippen LogP contribution in [0.2, 0.25) is 0 Å². The van der Waals surface area contributed by atoms with Crippen molar-refractivity contribution in [3.63, 3.8) is 0 Å². The average Bonchev–Trinajstić information content (AvgIpc) is 2.91. The van der Waals surface area contributed by atoms with Crippen molar-refractivity contribution in [3.8, 4) is 0 Å². The molecule has 0 bridgehead atoms. The summed E-state index contributed by atoms with van der Waals surface area (Å²) in [7, 11) is 1.72. The first-order chi connectivity index (χ1) is 11.4. The molecule has 1 N–H and O–H groups in total. The Balaban J connectivity index is 1.82. The molecule has 1 aromatic carbocycles. The van der Waals surface area contributed by atoms with Crippen molar-refractivity contribution < 1.29 is 14.7 Å². The van der Waals surface area contributed by atoms with Gasteiger partial charge in [-0.15, -0.1) is 0 Å². The van der Waals surface area contributed by atoms with E-state index in [0.717, 1.165) is 11.3 Å². The maximum Gasteiger partial charge on any atom is 0.356 e. The van der Waals surface area contributed by atoms with E-state index in [1.54, 1.807) is 16.6 Å². The summed E-state index contributed by atoms with van der Waals surface area (Å²) in [6.45, 7) is 5.12. The SMILES string of the molecule is CC(C)c1ccc(C(=O)N2CCc3c(C(=O)O)nn(C)c3C2)cc1. The van der Waals surface area contributed by atoms with Crippen LogP contribution >= 0.6 is 0 Å². The van der Waals surface area contributed by atoms with Crippen LogP contribution in [0.4, 0.5) is 0 Å². The quantitative estimate of drug-likeness (QED) is 0.939. The molecule has 0 aliphatic carbocycles. The fourth-order valence-electron chi connectivity index (χ4n) is 3.11. The zero-order valence-corrected chi connectivity index (χ0v) is 14.1. The molecule has 1 aromatic heterocycles. The highest BCUT2D eigenvalue weighted by Gasteiger charge is 2.29. The Bertz CT molecular complexity index is 791. The van der Waals surface area contributed by atoms with Crippen molar-refractivity contribution in [1.82, 2.24) is 14.7 Å². The summed E-state index contributed by atoms with van der Waals surface area (Å²) >= 11 is 0. The van der Waals surface area contributed by atoms with Crippen molar-refractivity contribution >= 4 is 11.9 Å². The van der Waals surface area contributed by atoms with Crippen molar-refractivity contribution in [1.29, 1.82) is 0 Å². The average molecular weight is 327 g/mol. The Labute approximate surface area is 140 Å². The predicted octanol–water partition coefficient (Wildman–Crippen LogP) is 2.44. The van der Waals surface area contributed by atoms with E-state index in [2.05, 4.69) is 18.9 Å². The molecule has 0 atom stereocenters. The van der Waals surface area contributed by atoms with E-state index in [4.69, 9.17) is 0 Å². The lowest BCUT2D eigenvalue weighted by molar-refractivity contribution is 0.0688. The molecular weight excluding hydrogens is 306 g/mol. The summed E-state index contributed by atoms with van der Waals surface area (Å²) in [6, 6.07) is 7.69. The zero-order valence-electron chi connectivity index (χ0n) is 14.1. The van der Waals surface area contributed by atoms with Crippen LogP contribution in [0.5, 0.6) is 0 Å². The third-order valence-electron chi connectivity index (χ3n) is 4.56. The van der Waals surface area contributed by atoms with Gasteiger partial charge in [0.25, 0.3) is 5.91 Å². The predicted molar refractivity (Wildman–Crippen MR) is 89.1 cm³/mol. The smallest absolute Gasteiger partial charge is 0.356 e. The second-order valence-electron chi connectivity index (χ2n) is 6.46. The highest BCUT2D eigenvalue weighted by Crippen LogP contribution is 2.24. The molecule has 3 rings (SSSR count). The van der Waals surface area contributed by atoms with Gasteiger partial charge in [-0.1, -0.05) is 26.0 Å². The Morgan fingerprint density at radius 2 is 1.88 bits per heavy atom. The molecule has 0 radical (unpaired) electrons. The van der Waals surface area contributed by atoms with Crippen LogP contribution in [0, 0.1) is 0 Å². The fourth-order valence-corrected chi connectivity index (χ4v) is 3.11. The van der Waals surface area contributed by atoms with Gasteiger partial charge in [-0.2, -0.15) is 5.10 Å². The summed E-state index contributed by atoms with van der Waals surface area (Å²) in [5.74, 6) is -0.625. The van der Waals surface area contributed by atoms with E-state index < -0.39 is 5.97 Å². The van der Waals surface area contributed by atoms with Crippen molar-refractivity contribution in [2.24, 2.45) is 7.05 Å². The first kappa shape index (κ1) is 16.2. The minimum Gasteiger partial charge on any atom is -0.476 e. The second-order valence-corrected chi connectivity index (χ2v) is 6.46. The Morgan fingerprint density at radius 3 is 2.46 bits per heavy atom. The lowest BCUT2D eigenvalue weighted by atomic mass is 10.0. The molecule has 0 fully saturated rings. The maximum atomic E-state index is 12.7. The molecule has 0 unspecified atom stereocenters. The Hall–Kier alpha value is -2.63. The number of carbonyl (C=O) groups is 2. The van der Waals surface area contributed by atoms with E-state index in [9.17, 15) is 14.7 Å². The molecule has 0 spiro atoms. The van der Waals surface area contributed by atoms with Crippen LogP contribution in [0.15, 0.2) is 24.3 Å². The molecule has 0 saturated carbocycles. The number of carboxylic acid groups (broad SMARTS) is 1. The number of carbonyl (C=O) groups excluding carboxylic acids is 1. The largest absolute Gasteiger partial charge is 0.476 e. The molecule has 6 nitrogen and oxygen atoms in total. The van der Waals surface area contributed by atoms with Crippen LogP contribution in [-0.4, -0.2) is 38.2 Å². The third-order valence-corrected chi connectivity index (χ3v) is 4.56. The van der Waals surface area contributed by atoms with Crippen LogP contribution in [0.3, 0.4) is 0 Å². The summed E-state index contributed by atoms with van der Waals surface area (Å²) < 4.78 is 1.57. The van der Waals surface area contributed by atoms with Gasteiger partial charge in [-0.25, -0.2) is 4.79 Å². The van der Waals surface area contributed by atoms with Gasteiger partial charge in [0.05, 0.1) is 12.2 Å². The number of nitrogens with zero attached hydrogens (tertiary/aromatic N) is 3. The fraction of sp³-hybridized carbons (Fsp3) is 0.389. The topological polar surface area (TPSA) is 75.4 Å². The normalized spacial score (nSPS) is 13.9. The summed E-state index contributed by atoms with van der Waals surface area (Å²) in [5.41, 5.74) is 3.49. The molecule has 2 aromatic rings. The van der Waals surface area contributed by atoms with E-state index >= 15 is 0 Å². The number of benzene rings is 1. The molecular formula is C18H21N3O3. The molecule has 0 saturated heterocycles. The zero-order chi connectivity index (χ0) is 17.4. The standard InChI is InChI=1S/C18H21N3O3/c1-11(2)12-4-6-13(7-5-12)17(22)21-9-8-14-15(10-21)20(3)19-16(14)18(23)24/h4-7,11H,8-10H2,1-3H3,(H,23,24). The van der Waals surface area contributed by atoms with E-state index in [-0.39, 0.29) is 11.6 Å². The van der Waals surface area contributed by atoms with Gasteiger partial charge in [0.1, 0.15) is 0 Å². The second kappa shape index (κ2) is 6.11. The summed E-state index contributed by atoms with van der Waals surface area (Å²) in [5, 5.41) is 13.3. The third kappa shape index (κ3) is 2.79. The van der Waals surface area contributed by atoms with Crippen LogP contribution < -0.4 is 0 Å². The van der Waals surface area contributed by atoms with Crippen LogP contribution in [-0.2, 0) is 20.0 Å². The molecule has 24 heavy (non-hydrogen) atoms. The number of aryl methyl sites for hydroxylation is 1. The minimum absolute atomic E-state index is 0.0333. The summed E-state index contributed by atoms with van der Waals surface area (Å²) in [6.07, 6.45) is 0.515. The number of aromatic carboxylic acids is 1. The van der Waals surface area contributed by atoms with E-state index in [1.807, 2.05) is 24.3 Å². The molecule has 6 heteroatoms. The maximum absolute atomic E-state index is 12.7. The summed E-state index contributed by atoms with van der Waals surface area (Å²) in [4.78, 5) is 25.7. The van der Waals surface area contributed by atoms with Gasteiger partial charge in [0.15, 0.2) is 5.69 Å². The Morgan fingerprint density at radius 1 is 1.21 bits per heavy atom. The van der Waals surface area contributed by atoms with Gasteiger partial charge >= 0.3 is 5.97 Å². The number of amides is 1. The van der Waals surface area contributed by atoms with Gasteiger partial charge < -0.3 is 10.0 Å². The molecule has 1 aliphatic rings. The van der Waals surface area contributed by atoms with Gasteiger partial charge in [0.2, 0.25) is 0 Å².